The molecule has 1 aromatic rings. The van der Waals surface area contributed by atoms with E-state index in [0.29, 0.717) is 59.0 Å². The Morgan fingerprint density at radius 3 is 2.61 bits per heavy atom. The van der Waals surface area contributed by atoms with E-state index < -0.39 is 0 Å². The van der Waals surface area contributed by atoms with Crippen LogP contribution in [0.2, 0.25) is 0 Å². The molecule has 1 amide bonds. The summed E-state index contributed by atoms with van der Waals surface area (Å²) in [4.78, 5) is 16.2. The molecule has 10 heteroatoms. The van der Waals surface area contributed by atoms with Crippen LogP contribution in [0.1, 0.15) is 46.0 Å². The summed E-state index contributed by atoms with van der Waals surface area (Å²) in [7, 11) is 3.24. The van der Waals surface area contributed by atoms with Gasteiger partial charge < -0.3 is 30.0 Å². The minimum atomic E-state index is -0.206. The Kier molecular flexibility index (Phi) is 19.8. The summed E-state index contributed by atoms with van der Waals surface area (Å²) in [6.07, 6.45) is 5.54. The molecule has 3 N–H and O–H groups in total. The van der Waals surface area contributed by atoms with Gasteiger partial charge in [0.05, 0.1) is 25.9 Å². The second kappa shape index (κ2) is 21.6. The largest absolute Gasteiger partial charge is 0.379 e. The lowest BCUT2D eigenvalue weighted by molar-refractivity contribution is -0.147. The van der Waals surface area contributed by atoms with Crippen LogP contribution in [0.3, 0.4) is 0 Å². The molecule has 0 spiro atoms. The van der Waals surface area contributed by atoms with Crippen LogP contribution < -0.4 is 11.1 Å². The topological polar surface area (TPSA) is 105 Å². The van der Waals surface area contributed by atoms with Crippen molar-refractivity contribution in [2.75, 3.05) is 51.9 Å². The molecule has 0 aliphatic rings. The van der Waals surface area contributed by atoms with Gasteiger partial charge in [-0.2, -0.15) is 0 Å². The summed E-state index contributed by atoms with van der Waals surface area (Å²) >= 11 is 0. The second-order valence-electron chi connectivity index (χ2n) is 7.14. The van der Waals surface area contributed by atoms with E-state index in [1.165, 1.54) is 0 Å². The Hall–Kier alpha value is -0.880. The SMILES string of the molecule is CCOC(CCOCCOC(CN)CCCCNC(=O)CCSSc1ccccn1)OCC. The number of carbonyl (C=O) groups excluding carboxylic acids is 1. The van der Waals surface area contributed by atoms with Gasteiger partial charge in [0, 0.05) is 51.1 Å². The van der Waals surface area contributed by atoms with E-state index in [4.69, 9.17) is 24.7 Å². The Bertz CT molecular complexity index is 580. The molecule has 0 fully saturated rings. The van der Waals surface area contributed by atoms with Crippen molar-refractivity contribution in [2.45, 2.75) is 63.4 Å². The molecular formula is C23H41N3O5S2. The number of nitrogens with two attached hydrogens (primary N) is 1. The third-order valence-electron chi connectivity index (χ3n) is 4.52. The van der Waals surface area contributed by atoms with Crippen molar-refractivity contribution in [2.24, 2.45) is 5.73 Å². The van der Waals surface area contributed by atoms with E-state index in [2.05, 4.69) is 10.3 Å². The maximum Gasteiger partial charge on any atom is 0.220 e. The maximum atomic E-state index is 11.9. The van der Waals surface area contributed by atoms with Crippen LogP contribution in [0.5, 0.6) is 0 Å². The van der Waals surface area contributed by atoms with Crippen molar-refractivity contribution >= 4 is 27.5 Å². The van der Waals surface area contributed by atoms with Gasteiger partial charge in [-0.1, -0.05) is 16.9 Å². The zero-order valence-corrected chi connectivity index (χ0v) is 21.7. The van der Waals surface area contributed by atoms with Crippen molar-refractivity contribution in [1.82, 2.24) is 10.3 Å². The van der Waals surface area contributed by atoms with Gasteiger partial charge in [0.15, 0.2) is 6.29 Å². The Morgan fingerprint density at radius 2 is 1.91 bits per heavy atom. The van der Waals surface area contributed by atoms with Gasteiger partial charge in [-0.05, 0) is 56.0 Å². The van der Waals surface area contributed by atoms with Crippen molar-refractivity contribution in [1.29, 1.82) is 0 Å². The summed E-state index contributed by atoms with van der Waals surface area (Å²) in [5.41, 5.74) is 5.82. The molecule has 0 saturated heterocycles. The quantitative estimate of drug-likeness (QED) is 0.139. The first kappa shape index (κ1) is 30.2. The highest BCUT2D eigenvalue weighted by atomic mass is 33.1. The average Bonchev–Trinajstić information content (AvgIpc) is 2.83. The standard InChI is InChI=1S/C23H41N3O5S2/c1-3-29-23(30-4-2)11-15-28-16-17-31-20(19-24)9-5-7-13-25-21(27)12-18-32-33-22-10-6-8-14-26-22/h6,8,10,14,20,23H,3-5,7,9,11-13,15-19,24H2,1-2H3,(H,25,27). The predicted octanol–water partition coefficient (Wildman–Crippen LogP) is 3.65. The first-order valence-corrected chi connectivity index (χ1v) is 14.1. The normalized spacial score (nSPS) is 12.2. The number of unbranched alkanes of at least 4 members (excludes halogenated alkanes) is 1. The van der Waals surface area contributed by atoms with E-state index >= 15 is 0 Å². The fourth-order valence-electron chi connectivity index (χ4n) is 2.86. The van der Waals surface area contributed by atoms with E-state index in [1.807, 2.05) is 32.0 Å². The summed E-state index contributed by atoms with van der Waals surface area (Å²) in [6.45, 7) is 7.92. The van der Waals surface area contributed by atoms with Crippen LogP contribution in [0.15, 0.2) is 29.4 Å². The van der Waals surface area contributed by atoms with Gasteiger partial charge in [0.1, 0.15) is 5.03 Å². The van der Waals surface area contributed by atoms with Gasteiger partial charge in [-0.15, -0.1) is 0 Å². The monoisotopic (exact) mass is 503 g/mol. The van der Waals surface area contributed by atoms with Gasteiger partial charge in [0.25, 0.3) is 0 Å². The van der Waals surface area contributed by atoms with Crippen molar-refractivity contribution < 1.29 is 23.7 Å². The molecule has 0 bridgehead atoms. The van der Waals surface area contributed by atoms with Crippen molar-refractivity contribution in [3.8, 4) is 0 Å². The lowest BCUT2D eigenvalue weighted by atomic mass is 10.1. The number of rotatable bonds is 22. The number of carbonyl (C=O) groups is 1. The van der Waals surface area contributed by atoms with Crippen LogP contribution >= 0.6 is 21.6 Å². The molecule has 190 valence electrons. The van der Waals surface area contributed by atoms with Crippen molar-refractivity contribution in [3.63, 3.8) is 0 Å². The van der Waals surface area contributed by atoms with Crippen LogP contribution in [0.25, 0.3) is 0 Å². The third-order valence-corrected chi connectivity index (χ3v) is 6.78. The number of ether oxygens (including phenoxy) is 4. The minimum Gasteiger partial charge on any atom is -0.379 e. The lowest BCUT2D eigenvalue weighted by Crippen LogP contribution is -2.27. The maximum absolute atomic E-state index is 11.9. The van der Waals surface area contributed by atoms with E-state index in [9.17, 15) is 4.79 Å². The highest BCUT2D eigenvalue weighted by Gasteiger charge is 2.09. The van der Waals surface area contributed by atoms with Crippen LogP contribution in [-0.4, -0.2) is 75.2 Å². The number of hydrogen-bond donors (Lipinski definition) is 2. The number of amides is 1. The molecule has 8 nitrogen and oxygen atoms in total. The summed E-state index contributed by atoms with van der Waals surface area (Å²) in [6, 6.07) is 5.81. The number of hydrogen-bond acceptors (Lipinski definition) is 9. The zero-order valence-electron chi connectivity index (χ0n) is 20.0. The van der Waals surface area contributed by atoms with E-state index in [1.54, 1.807) is 27.8 Å². The van der Waals surface area contributed by atoms with E-state index in [-0.39, 0.29) is 18.3 Å². The number of aromatic nitrogens is 1. The molecular weight excluding hydrogens is 462 g/mol. The highest BCUT2D eigenvalue weighted by molar-refractivity contribution is 8.76. The van der Waals surface area contributed by atoms with Crippen molar-refractivity contribution in [3.05, 3.63) is 24.4 Å². The molecule has 1 heterocycles. The third kappa shape index (κ3) is 17.2. The molecule has 0 aromatic carbocycles. The number of nitrogens with one attached hydrogen (secondary N) is 1. The Balaban J connectivity index is 1.96. The molecule has 1 rings (SSSR count). The van der Waals surface area contributed by atoms with Crippen LogP contribution in [0, 0.1) is 0 Å². The van der Waals surface area contributed by atoms with Gasteiger partial charge >= 0.3 is 0 Å². The molecule has 0 saturated carbocycles. The first-order chi connectivity index (χ1) is 16.2. The molecule has 33 heavy (non-hydrogen) atoms. The Labute approximate surface area is 206 Å². The van der Waals surface area contributed by atoms with Gasteiger partial charge in [0.2, 0.25) is 5.91 Å². The van der Waals surface area contributed by atoms with Crippen LogP contribution in [-0.2, 0) is 23.7 Å². The van der Waals surface area contributed by atoms with E-state index in [0.717, 1.165) is 30.0 Å². The first-order valence-electron chi connectivity index (χ1n) is 11.8. The molecule has 1 unspecified atom stereocenters. The number of pyridine rings is 1. The number of nitrogens with zero attached hydrogens (tertiary/aromatic N) is 1. The van der Waals surface area contributed by atoms with Crippen LogP contribution in [0.4, 0.5) is 0 Å². The molecule has 0 radical (unpaired) electrons. The summed E-state index contributed by atoms with van der Waals surface area (Å²) in [5, 5.41) is 3.94. The smallest absolute Gasteiger partial charge is 0.220 e. The minimum absolute atomic E-state index is 0.0175. The second-order valence-corrected chi connectivity index (χ2v) is 9.57. The average molecular weight is 504 g/mol. The zero-order chi connectivity index (χ0) is 24.0. The molecule has 0 aliphatic heterocycles. The lowest BCUT2D eigenvalue weighted by Gasteiger charge is -2.18. The molecule has 1 aromatic heterocycles. The predicted molar refractivity (Wildman–Crippen MR) is 135 cm³/mol. The summed E-state index contributed by atoms with van der Waals surface area (Å²) < 4.78 is 22.4. The Morgan fingerprint density at radius 1 is 1.09 bits per heavy atom. The molecule has 0 aliphatic carbocycles. The van der Waals surface area contributed by atoms with Gasteiger partial charge in [-0.25, -0.2) is 4.98 Å². The fraction of sp³-hybridized carbons (Fsp3) is 0.739. The summed E-state index contributed by atoms with van der Waals surface area (Å²) in [5.74, 6) is 0.847. The van der Waals surface area contributed by atoms with Gasteiger partial charge in [-0.3, -0.25) is 4.79 Å². The fourth-order valence-corrected chi connectivity index (χ4v) is 4.73. The molecule has 1 atom stereocenters. The highest BCUT2D eigenvalue weighted by Crippen LogP contribution is 2.29.